The third-order valence-electron chi connectivity index (χ3n) is 5.10. The number of amides is 1. The number of rotatable bonds is 5. The number of hydrogen-bond donors (Lipinski definition) is 1. The van der Waals surface area contributed by atoms with Gasteiger partial charge in [0.25, 0.3) is 0 Å². The van der Waals surface area contributed by atoms with Gasteiger partial charge in [0.15, 0.2) is 0 Å². The highest BCUT2D eigenvalue weighted by molar-refractivity contribution is 5.92. The smallest absolute Gasteiger partial charge is 0.244 e. The van der Waals surface area contributed by atoms with Crippen LogP contribution < -0.4 is 10.1 Å². The summed E-state index contributed by atoms with van der Waals surface area (Å²) in [6.07, 6.45) is 11.9. The van der Waals surface area contributed by atoms with E-state index in [1.54, 1.807) is 25.7 Å². The number of methoxy groups -OCH3 is 1. The van der Waals surface area contributed by atoms with Crippen LogP contribution >= 0.6 is 0 Å². The van der Waals surface area contributed by atoms with Gasteiger partial charge in [0, 0.05) is 18.5 Å². The first-order valence-electron chi connectivity index (χ1n) is 9.47. The van der Waals surface area contributed by atoms with Gasteiger partial charge in [-0.3, -0.25) is 4.79 Å². The Bertz CT molecular complexity index is 993. The predicted molar refractivity (Wildman–Crippen MR) is 109 cm³/mol. The largest absolute Gasteiger partial charge is 0.495 e. The third kappa shape index (κ3) is 3.83. The van der Waals surface area contributed by atoms with Crippen LogP contribution in [0.2, 0.25) is 0 Å². The number of carbonyl (C=O) groups excluding carboxylic acids is 1. The van der Waals surface area contributed by atoms with Gasteiger partial charge in [-0.1, -0.05) is 30.3 Å². The van der Waals surface area contributed by atoms with Crippen LogP contribution in [0.1, 0.15) is 35.6 Å². The zero-order valence-corrected chi connectivity index (χ0v) is 15.8. The summed E-state index contributed by atoms with van der Waals surface area (Å²) in [6.45, 7) is 0. The molecule has 4 rings (SSSR count). The number of aromatic nitrogens is 2. The second-order valence-electron chi connectivity index (χ2n) is 6.89. The second-order valence-corrected chi connectivity index (χ2v) is 6.89. The van der Waals surface area contributed by atoms with E-state index in [9.17, 15) is 4.79 Å². The second kappa shape index (κ2) is 8.13. The average Bonchev–Trinajstić information content (AvgIpc) is 3.27. The number of ether oxygens (including phenoxy) is 1. The number of nitrogens with zero attached hydrogens (tertiary/aromatic N) is 2. The van der Waals surface area contributed by atoms with Crippen LogP contribution in [0.25, 0.3) is 11.8 Å². The van der Waals surface area contributed by atoms with Crippen molar-refractivity contribution in [2.45, 2.75) is 25.3 Å². The van der Waals surface area contributed by atoms with Crippen molar-refractivity contribution in [2.24, 2.45) is 0 Å². The van der Waals surface area contributed by atoms with E-state index >= 15 is 0 Å². The molecule has 2 aromatic carbocycles. The Morgan fingerprint density at radius 1 is 1.29 bits per heavy atom. The van der Waals surface area contributed by atoms with Gasteiger partial charge < -0.3 is 14.6 Å². The van der Waals surface area contributed by atoms with Gasteiger partial charge in [0.2, 0.25) is 5.91 Å². The molecule has 1 heterocycles. The van der Waals surface area contributed by atoms with E-state index in [0.717, 1.165) is 36.3 Å². The molecule has 3 aromatic rings. The monoisotopic (exact) mass is 373 g/mol. The summed E-state index contributed by atoms with van der Waals surface area (Å²) in [6, 6.07) is 14.3. The SMILES string of the molecule is COc1cc(/C=C/C(=O)NC2CCCc3ccccc32)ccc1-n1ccnc1. The van der Waals surface area contributed by atoms with Crippen LogP contribution in [0.15, 0.2) is 67.3 Å². The van der Waals surface area contributed by atoms with Crippen LogP contribution in [0.4, 0.5) is 0 Å². The number of imidazole rings is 1. The highest BCUT2D eigenvalue weighted by Gasteiger charge is 2.20. The average molecular weight is 373 g/mol. The quantitative estimate of drug-likeness (QED) is 0.686. The summed E-state index contributed by atoms with van der Waals surface area (Å²) in [4.78, 5) is 16.5. The van der Waals surface area contributed by atoms with Crippen molar-refractivity contribution in [3.63, 3.8) is 0 Å². The molecule has 0 spiro atoms. The van der Waals surface area contributed by atoms with Crippen LogP contribution in [0.5, 0.6) is 5.75 Å². The van der Waals surface area contributed by atoms with Crippen LogP contribution in [0, 0.1) is 0 Å². The molecule has 1 unspecified atom stereocenters. The Hall–Kier alpha value is -3.34. The molecule has 0 aliphatic heterocycles. The molecule has 5 heteroatoms. The first-order chi connectivity index (χ1) is 13.7. The number of fused-ring (bicyclic) bond motifs is 1. The minimum Gasteiger partial charge on any atom is -0.495 e. The summed E-state index contributed by atoms with van der Waals surface area (Å²) in [7, 11) is 1.64. The summed E-state index contributed by atoms with van der Waals surface area (Å²) in [5.74, 6) is 0.640. The van der Waals surface area contributed by atoms with Gasteiger partial charge >= 0.3 is 0 Å². The maximum Gasteiger partial charge on any atom is 0.244 e. The highest BCUT2D eigenvalue weighted by atomic mass is 16.5. The minimum absolute atomic E-state index is 0.0836. The van der Waals surface area contributed by atoms with E-state index in [2.05, 4.69) is 28.5 Å². The fraction of sp³-hybridized carbons (Fsp3) is 0.217. The number of benzene rings is 2. The summed E-state index contributed by atoms with van der Waals surface area (Å²) in [5.41, 5.74) is 4.38. The Morgan fingerprint density at radius 3 is 3.00 bits per heavy atom. The van der Waals surface area contributed by atoms with E-state index in [0.29, 0.717) is 0 Å². The molecular formula is C23H23N3O2. The van der Waals surface area contributed by atoms with Gasteiger partial charge in [-0.15, -0.1) is 0 Å². The Kier molecular flexibility index (Phi) is 5.24. The zero-order chi connectivity index (χ0) is 19.3. The van der Waals surface area contributed by atoms with Crippen molar-refractivity contribution >= 4 is 12.0 Å². The predicted octanol–water partition coefficient (Wildman–Crippen LogP) is 4.09. The van der Waals surface area contributed by atoms with Crippen LogP contribution in [0.3, 0.4) is 0 Å². The van der Waals surface area contributed by atoms with Crippen molar-refractivity contribution < 1.29 is 9.53 Å². The first kappa shape index (κ1) is 18.0. The number of hydrogen-bond acceptors (Lipinski definition) is 3. The van der Waals surface area contributed by atoms with Gasteiger partial charge in [-0.25, -0.2) is 4.98 Å². The molecule has 1 amide bonds. The van der Waals surface area contributed by atoms with E-state index in [1.807, 2.05) is 41.1 Å². The van der Waals surface area contributed by atoms with Gasteiger partial charge in [-0.05, 0) is 54.2 Å². The number of nitrogens with one attached hydrogen (secondary N) is 1. The topological polar surface area (TPSA) is 56.1 Å². The third-order valence-corrected chi connectivity index (χ3v) is 5.10. The normalized spacial score (nSPS) is 16.0. The van der Waals surface area contributed by atoms with Gasteiger partial charge in [-0.2, -0.15) is 0 Å². The van der Waals surface area contributed by atoms with Crippen molar-refractivity contribution in [1.82, 2.24) is 14.9 Å². The lowest BCUT2D eigenvalue weighted by atomic mass is 9.88. The minimum atomic E-state index is -0.0839. The first-order valence-corrected chi connectivity index (χ1v) is 9.47. The maximum atomic E-state index is 12.5. The van der Waals surface area contributed by atoms with Crippen molar-refractivity contribution in [3.05, 3.63) is 84.0 Å². The van der Waals surface area contributed by atoms with Crippen molar-refractivity contribution in [2.75, 3.05) is 7.11 Å². The van der Waals surface area contributed by atoms with Crippen molar-refractivity contribution in [1.29, 1.82) is 0 Å². The van der Waals surface area contributed by atoms with Crippen LogP contribution in [-0.2, 0) is 11.2 Å². The lowest BCUT2D eigenvalue weighted by Gasteiger charge is -2.25. The Balaban J connectivity index is 1.47. The summed E-state index contributed by atoms with van der Waals surface area (Å²) < 4.78 is 7.38. The van der Waals surface area contributed by atoms with Crippen LogP contribution in [-0.4, -0.2) is 22.6 Å². The summed E-state index contributed by atoms with van der Waals surface area (Å²) in [5, 5.41) is 3.14. The molecule has 0 bridgehead atoms. The lowest BCUT2D eigenvalue weighted by molar-refractivity contribution is -0.117. The van der Waals surface area contributed by atoms with E-state index in [-0.39, 0.29) is 11.9 Å². The molecule has 0 saturated heterocycles. The molecular weight excluding hydrogens is 350 g/mol. The zero-order valence-electron chi connectivity index (χ0n) is 15.8. The molecule has 1 aliphatic carbocycles. The molecule has 1 atom stereocenters. The summed E-state index contributed by atoms with van der Waals surface area (Å²) >= 11 is 0. The highest BCUT2D eigenvalue weighted by Crippen LogP contribution is 2.29. The van der Waals surface area contributed by atoms with Crippen molar-refractivity contribution in [3.8, 4) is 11.4 Å². The van der Waals surface area contributed by atoms with Gasteiger partial charge in [0.05, 0.1) is 25.2 Å². The maximum absolute atomic E-state index is 12.5. The number of carbonyl (C=O) groups is 1. The molecule has 28 heavy (non-hydrogen) atoms. The number of aryl methyl sites for hydroxylation is 1. The standard InChI is InChI=1S/C23H23N3O2/c1-28-22-15-17(9-11-21(22)26-14-13-24-16-26)10-12-23(27)25-20-8-4-6-18-5-2-3-7-19(18)20/h2-3,5,7,9-16,20H,4,6,8H2,1H3,(H,25,27)/b12-10+. The molecule has 0 radical (unpaired) electrons. The molecule has 0 saturated carbocycles. The molecule has 0 fully saturated rings. The Morgan fingerprint density at radius 2 is 2.18 bits per heavy atom. The molecule has 1 N–H and O–H groups in total. The van der Waals surface area contributed by atoms with Gasteiger partial charge in [0.1, 0.15) is 5.75 Å². The molecule has 5 nitrogen and oxygen atoms in total. The van der Waals surface area contributed by atoms with E-state index in [1.165, 1.54) is 11.1 Å². The van der Waals surface area contributed by atoms with E-state index < -0.39 is 0 Å². The molecule has 1 aliphatic rings. The lowest BCUT2D eigenvalue weighted by Crippen LogP contribution is -2.29. The fourth-order valence-corrected chi connectivity index (χ4v) is 3.71. The molecule has 142 valence electrons. The molecule has 1 aromatic heterocycles. The van der Waals surface area contributed by atoms with E-state index in [4.69, 9.17) is 4.74 Å². The Labute approximate surface area is 164 Å². The fourth-order valence-electron chi connectivity index (χ4n) is 3.71.